The molecule has 2 rings (SSSR count). The number of hydrogen-bond acceptors (Lipinski definition) is 4. The van der Waals surface area contributed by atoms with E-state index in [9.17, 15) is 0 Å². The number of aromatic nitrogens is 3. The summed E-state index contributed by atoms with van der Waals surface area (Å²) in [6.07, 6.45) is 1.89. The molecule has 0 saturated heterocycles. The van der Waals surface area contributed by atoms with Gasteiger partial charge < -0.3 is 10.6 Å². The van der Waals surface area contributed by atoms with Crippen molar-refractivity contribution < 1.29 is 0 Å². The van der Waals surface area contributed by atoms with E-state index >= 15 is 0 Å². The van der Waals surface area contributed by atoms with Gasteiger partial charge in [-0.25, -0.2) is 0 Å². The Bertz CT molecular complexity index is 451. The lowest BCUT2D eigenvalue weighted by molar-refractivity contribution is 0.587. The molecule has 0 atom stereocenters. The Kier molecular flexibility index (Phi) is 3.72. The van der Waals surface area contributed by atoms with Crippen molar-refractivity contribution in [3.05, 3.63) is 42.2 Å². The summed E-state index contributed by atoms with van der Waals surface area (Å²) < 4.78 is 1.82. The van der Waals surface area contributed by atoms with E-state index in [-0.39, 0.29) is 0 Å². The van der Waals surface area contributed by atoms with Gasteiger partial charge in [0.1, 0.15) is 0 Å². The van der Waals surface area contributed by atoms with Gasteiger partial charge in [0, 0.05) is 32.0 Å². The first-order chi connectivity index (χ1) is 8.29. The van der Waals surface area contributed by atoms with E-state index in [0.29, 0.717) is 6.54 Å². The van der Waals surface area contributed by atoms with Gasteiger partial charge in [-0.1, -0.05) is 23.4 Å². The van der Waals surface area contributed by atoms with Gasteiger partial charge in [0.15, 0.2) is 0 Å². The Morgan fingerprint density at radius 1 is 1.29 bits per heavy atom. The van der Waals surface area contributed by atoms with Crippen molar-refractivity contribution in [3.63, 3.8) is 0 Å². The maximum Gasteiger partial charge on any atom is 0.0962 e. The van der Waals surface area contributed by atoms with E-state index in [4.69, 9.17) is 5.73 Å². The van der Waals surface area contributed by atoms with Gasteiger partial charge in [0.2, 0.25) is 0 Å². The molecule has 1 aromatic heterocycles. The van der Waals surface area contributed by atoms with Crippen LogP contribution in [0, 0.1) is 0 Å². The van der Waals surface area contributed by atoms with Crippen molar-refractivity contribution in [2.75, 3.05) is 18.5 Å². The summed E-state index contributed by atoms with van der Waals surface area (Å²) in [6.45, 7) is 2.13. The molecule has 0 spiro atoms. The third kappa shape index (κ3) is 3.04. The molecule has 0 bridgehead atoms. The van der Waals surface area contributed by atoms with E-state index in [0.717, 1.165) is 18.8 Å². The fourth-order valence-electron chi connectivity index (χ4n) is 1.61. The molecule has 0 radical (unpaired) electrons. The highest BCUT2D eigenvalue weighted by atomic mass is 15.4. The standard InChI is InChI=1S/C12H17N5/c1-16(12-5-3-2-4-6-12)7-8-17-10-11(9-13)14-15-17/h2-6,10H,7-9,13H2,1H3. The van der Waals surface area contributed by atoms with Crippen molar-refractivity contribution in [2.24, 2.45) is 5.73 Å². The number of hydrogen-bond donors (Lipinski definition) is 1. The molecule has 0 saturated carbocycles. The van der Waals surface area contributed by atoms with E-state index in [1.807, 2.05) is 29.1 Å². The van der Waals surface area contributed by atoms with Gasteiger partial charge in [-0.15, -0.1) is 5.10 Å². The zero-order valence-corrected chi connectivity index (χ0v) is 9.95. The molecular weight excluding hydrogens is 214 g/mol. The number of nitrogens with zero attached hydrogens (tertiary/aromatic N) is 4. The third-order valence-corrected chi connectivity index (χ3v) is 2.66. The largest absolute Gasteiger partial charge is 0.373 e. The molecular formula is C12H17N5. The summed E-state index contributed by atoms with van der Waals surface area (Å²) in [5.41, 5.74) is 7.51. The van der Waals surface area contributed by atoms with Crippen LogP contribution < -0.4 is 10.6 Å². The Labute approximate surface area is 101 Å². The maximum atomic E-state index is 5.48. The molecule has 0 fully saturated rings. The summed E-state index contributed by atoms with van der Waals surface area (Å²) in [7, 11) is 2.07. The normalized spacial score (nSPS) is 10.5. The van der Waals surface area contributed by atoms with Crippen molar-refractivity contribution in [2.45, 2.75) is 13.1 Å². The zero-order valence-electron chi connectivity index (χ0n) is 9.95. The maximum absolute atomic E-state index is 5.48. The van der Waals surface area contributed by atoms with Crippen LogP contribution in [0.5, 0.6) is 0 Å². The van der Waals surface area contributed by atoms with Crippen LogP contribution in [-0.2, 0) is 13.1 Å². The molecule has 1 aromatic carbocycles. The molecule has 0 unspecified atom stereocenters. The Morgan fingerprint density at radius 3 is 2.71 bits per heavy atom. The molecule has 90 valence electrons. The van der Waals surface area contributed by atoms with E-state index in [1.54, 1.807) is 0 Å². The lowest BCUT2D eigenvalue weighted by atomic mass is 10.3. The molecule has 2 N–H and O–H groups in total. The molecule has 2 aromatic rings. The van der Waals surface area contributed by atoms with Crippen LogP contribution >= 0.6 is 0 Å². The van der Waals surface area contributed by atoms with Crippen molar-refractivity contribution in [1.82, 2.24) is 15.0 Å². The summed E-state index contributed by atoms with van der Waals surface area (Å²) in [5, 5.41) is 7.97. The quantitative estimate of drug-likeness (QED) is 0.829. The van der Waals surface area contributed by atoms with Gasteiger partial charge in [0.05, 0.1) is 12.2 Å². The lowest BCUT2D eigenvalue weighted by Crippen LogP contribution is -2.22. The molecule has 1 heterocycles. The highest BCUT2D eigenvalue weighted by Gasteiger charge is 2.02. The number of para-hydroxylation sites is 1. The molecule has 0 amide bonds. The number of rotatable bonds is 5. The number of nitrogens with two attached hydrogens (primary N) is 1. The average Bonchev–Trinajstić information content (AvgIpc) is 2.85. The highest BCUT2D eigenvalue weighted by Crippen LogP contribution is 2.10. The van der Waals surface area contributed by atoms with Gasteiger partial charge in [-0.2, -0.15) is 0 Å². The van der Waals surface area contributed by atoms with Gasteiger partial charge in [-0.3, -0.25) is 4.68 Å². The monoisotopic (exact) mass is 231 g/mol. The third-order valence-electron chi connectivity index (χ3n) is 2.66. The molecule has 0 aliphatic carbocycles. The first-order valence-electron chi connectivity index (χ1n) is 5.65. The lowest BCUT2D eigenvalue weighted by Gasteiger charge is -2.18. The molecule has 5 nitrogen and oxygen atoms in total. The van der Waals surface area contributed by atoms with Crippen molar-refractivity contribution in [3.8, 4) is 0 Å². The van der Waals surface area contributed by atoms with Gasteiger partial charge in [-0.05, 0) is 12.1 Å². The van der Waals surface area contributed by atoms with Gasteiger partial charge in [0.25, 0.3) is 0 Å². The second-order valence-corrected chi connectivity index (χ2v) is 3.93. The van der Waals surface area contributed by atoms with Crippen LogP contribution in [0.15, 0.2) is 36.5 Å². The minimum Gasteiger partial charge on any atom is -0.373 e. The predicted octanol–water partition coefficient (Wildman–Crippen LogP) is 0.873. The van der Waals surface area contributed by atoms with Crippen LogP contribution in [0.3, 0.4) is 0 Å². The topological polar surface area (TPSA) is 60.0 Å². The average molecular weight is 231 g/mol. The summed E-state index contributed by atoms with van der Waals surface area (Å²) in [6, 6.07) is 10.3. The van der Waals surface area contributed by atoms with Crippen LogP contribution in [0.25, 0.3) is 0 Å². The first kappa shape index (κ1) is 11.6. The van der Waals surface area contributed by atoms with Crippen LogP contribution in [-0.4, -0.2) is 28.6 Å². The zero-order chi connectivity index (χ0) is 12.1. The fourth-order valence-corrected chi connectivity index (χ4v) is 1.61. The summed E-state index contributed by atoms with van der Waals surface area (Å²) in [4.78, 5) is 2.18. The first-order valence-corrected chi connectivity index (χ1v) is 5.65. The summed E-state index contributed by atoms with van der Waals surface area (Å²) >= 11 is 0. The van der Waals surface area contributed by atoms with E-state index in [2.05, 4.69) is 34.4 Å². The minimum absolute atomic E-state index is 0.439. The Hall–Kier alpha value is -1.88. The van der Waals surface area contributed by atoms with E-state index in [1.165, 1.54) is 5.69 Å². The molecule has 17 heavy (non-hydrogen) atoms. The van der Waals surface area contributed by atoms with Crippen LogP contribution in [0.2, 0.25) is 0 Å². The Balaban J connectivity index is 1.90. The minimum atomic E-state index is 0.439. The molecule has 0 aliphatic rings. The predicted molar refractivity (Wildman–Crippen MR) is 67.6 cm³/mol. The molecule has 0 aliphatic heterocycles. The van der Waals surface area contributed by atoms with Crippen LogP contribution in [0.4, 0.5) is 5.69 Å². The summed E-state index contributed by atoms with van der Waals surface area (Å²) in [5.74, 6) is 0. The fraction of sp³-hybridized carbons (Fsp3) is 0.333. The number of likely N-dealkylation sites (N-methyl/N-ethyl adjacent to an activating group) is 1. The number of anilines is 1. The van der Waals surface area contributed by atoms with Crippen molar-refractivity contribution >= 4 is 5.69 Å². The van der Waals surface area contributed by atoms with Gasteiger partial charge >= 0.3 is 0 Å². The Morgan fingerprint density at radius 2 is 2.06 bits per heavy atom. The van der Waals surface area contributed by atoms with Crippen molar-refractivity contribution in [1.29, 1.82) is 0 Å². The molecule has 5 heteroatoms. The second kappa shape index (κ2) is 5.45. The van der Waals surface area contributed by atoms with E-state index < -0.39 is 0 Å². The smallest absolute Gasteiger partial charge is 0.0962 e. The number of benzene rings is 1. The SMILES string of the molecule is CN(CCn1cc(CN)nn1)c1ccccc1. The highest BCUT2D eigenvalue weighted by molar-refractivity contribution is 5.44. The van der Waals surface area contributed by atoms with Crippen LogP contribution in [0.1, 0.15) is 5.69 Å². The second-order valence-electron chi connectivity index (χ2n) is 3.93.